The number of pyridine rings is 4. The molecule has 22 nitrogen and oxygen atoms in total. The fraction of sp³-hybridized carbons (Fsp3) is 0.244. The molecule has 27 heteroatoms. The molecule has 0 aromatic carbocycles. The van der Waals surface area contributed by atoms with E-state index in [9.17, 15) is 0 Å². The summed E-state index contributed by atoms with van der Waals surface area (Å²) in [6.45, 7) is 0. The van der Waals surface area contributed by atoms with E-state index in [1.165, 1.54) is 48.1 Å². The van der Waals surface area contributed by atoms with Crippen molar-refractivity contribution in [1.82, 2.24) is 79.4 Å². The number of fused-ring (bicyclic) bond motifs is 4. The second kappa shape index (κ2) is 23.6. The van der Waals surface area contributed by atoms with Gasteiger partial charge in [-0.1, -0.05) is 48.1 Å². The van der Waals surface area contributed by atoms with Gasteiger partial charge in [-0.15, -0.1) is 0 Å². The smallest absolute Gasteiger partial charge is 0.223 e. The summed E-state index contributed by atoms with van der Waals surface area (Å²) in [5.41, 5.74) is 36.6. The minimum Gasteiger partial charge on any atom is -0.383 e. The second-order valence-corrected chi connectivity index (χ2v) is 20.6. The summed E-state index contributed by atoms with van der Waals surface area (Å²) in [6.07, 6.45) is 31.5. The Kier molecular flexibility index (Phi) is 17.1. The quantitative estimate of drug-likeness (QED) is 0.0518. The first-order valence-corrected chi connectivity index (χ1v) is 27.7. The van der Waals surface area contributed by atoms with Gasteiger partial charge in [-0.05, 0) is 76.8 Å². The maximum Gasteiger partial charge on any atom is 0.223 e. The van der Waals surface area contributed by atoms with E-state index in [2.05, 4.69) is 116 Å². The molecule has 2 atom stereocenters. The average Bonchev–Trinajstić information content (AvgIpc) is 4.04. The molecule has 1 fully saturated rings. The number of halogens is 2. The fourth-order valence-electron chi connectivity index (χ4n) is 7.46. The molecule has 0 aliphatic heterocycles. The third kappa shape index (κ3) is 12.0. The van der Waals surface area contributed by atoms with Crippen molar-refractivity contribution in [3.05, 3.63) is 81.5 Å². The van der Waals surface area contributed by atoms with E-state index in [-0.39, 0.29) is 12.1 Å². The van der Waals surface area contributed by atoms with Crippen LogP contribution in [0.25, 0.3) is 65.9 Å². The third-order valence-corrected chi connectivity index (χ3v) is 14.4. The molecule has 10 aromatic heterocycles. The number of nitrogen functional groups attached to an aromatic ring is 4. The van der Waals surface area contributed by atoms with Crippen molar-refractivity contribution in [3.63, 3.8) is 0 Å². The number of hydrogen-bond acceptors (Lipinski definition) is 23. The van der Waals surface area contributed by atoms with Crippen LogP contribution in [0.15, 0.2) is 89.8 Å². The van der Waals surface area contributed by atoms with Gasteiger partial charge in [-0.25, -0.2) is 59.8 Å². The lowest BCUT2D eigenvalue weighted by Crippen LogP contribution is -2.42. The van der Waals surface area contributed by atoms with Gasteiger partial charge in [0.1, 0.15) is 23.3 Å². The first-order valence-electron chi connectivity index (χ1n) is 21.8. The van der Waals surface area contributed by atoms with Crippen LogP contribution in [0.5, 0.6) is 0 Å². The Balaban J connectivity index is 0.000000132. The SMILES string of the molecule is CSc1ncc2c(N)ncc(-c3cnn(C)c3)c2n1.CSc1ncc2c(N)ncc(I)c2n1.CSc1ncc2c(N)ncc(I)c2n1.Cn1cc(-c2cnc(N)c3cnc(N[C@@H]4CCCC[C@@H]4N)nc23)cn1. The largest absolute Gasteiger partial charge is 0.383 e. The Morgan fingerprint density at radius 3 is 1.31 bits per heavy atom. The lowest BCUT2D eigenvalue weighted by Gasteiger charge is -2.29. The average molecular weight is 1250 g/mol. The van der Waals surface area contributed by atoms with Crippen LogP contribution >= 0.6 is 80.5 Å². The molecule has 1 saturated carbocycles. The number of aryl methyl sites for hydroxylation is 2. The van der Waals surface area contributed by atoms with Crippen molar-refractivity contribution in [1.29, 1.82) is 0 Å². The zero-order valence-corrected chi connectivity index (χ0v) is 46.2. The first-order chi connectivity index (χ1) is 34.7. The highest BCUT2D eigenvalue weighted by Gasteiger charge is 2.23. The van der Waals surface area contributed by atoms with Gasteiger partial charge in [-0.3, -0.25) is 9.36 Å². The summed E-state index contributed by atoms with van der Waals surface area (Å²) in [7, 11) is 3.75. The predicted octanol–water partition coefficient (Wildman–Crippen LogP) is 7.29. The molecular weight excluding hydrogens is 1200 g/mol. The molecule has 11 rings (SSSR count). The third-order valence-electron chi connectivity index (χ3n) is 11.2. The van der Waals surface area contributed by atoms with Gasteiger partial charge in [0.2, 0.25) is 5.95 Å². The van der Waals surface area contributed by atoms with Gasteiger partial charge in [0.15, 0.2) is 15.5 Å². The van der Waals surface area contributed by atoms with Crippen molar-refractivity contribution in [2.45, 2.75) is 53.2 Å². The van der Waals surface area contributed by atoms with Crippen molar-refractivity contribution in [2.75, 3.05) is 47.0 Å². The topological polar surface area (TPSA) is 332 Å². The summed E-state index contributed by atoms with van der Waals surface area (Å²) < 4.78 is 5.47. The lowest BCUT2D eigenvalue weighted by molar-refractivity contribution is 0.402. The first kappa shape index (κ1) is 52.2. The monoisotopic (exact) mass is 1250 g/mol. The van der Waals surface area contributed by atoms with Crippen molar-refractivity contribution < 1.29 is 0 Å². The molecule has 1 aliphatic rings. The van der Waals surface area contributed by atoms with E-state index in [0.717, 1.165) is 96.2 Å². The van der Waals surface area contributed by atoms with Gasteiger partial charge >= 0.3 is 0 Å². The van der Waals surface area contributed by atoms with Gasteiger partial charge in [0, 0.05) is 110 Å². The minimum atomic E-state index is 0.133. The Bertz CT molecular complexity index is 3450. The second-order valence-electron chi connectivity index (χ2n) is 15.9. The summed E-state index contributed by atoms with van der Waals surface area (Å²) in [5.74, 6) is 2.39. The standard InChI is InChI=1S/C17H22N8.C12H12N6S.2C8H7IN4S/c1-25-9-10(6-22-25)11-7-20-16(19)12-8-21-17(24-15(11)12)23-14-5-3-2-4-13(14)18;1-18-6-7(3-16-18)8-4-14-11(13)9-5-15-12(19-2)17-10(8)9;2*1-14-8-12-2-4-6(13-8)5(9)3-11-7(4)10/h6-9,13-14H,2-5,18H2,1H3,(H2,19,20)(H,21,23,24);3-6H,1-2H3,(H2,13,14);2*2-3H,1H3,(H2,10,11)/t13-,14+;;;/m0.../s1. The Labute approximate surface area is 452 Å². The Hall–Kier alpha value is -6.15. The Morgan fingerprint density at radius 2 is 0.889 bits per heavy atom. The number of rotatable bonds is 7. The molecule has 370 valence electrons. The van der Waals surface area contributed by atoms with E-state index < -0.39 is 0 Å². The van der Waals surface area contributed by atoms with Crippen molar-refractivity contribution in [2.24, 2.45) is 19.8 Å². The van der Waals surface area contributed by atoms with E-state index in [1.54, 1.807) is 71.3 Å². The highest BCUT2D eigenvalue weighted by molar-refractivity contribution is 14.1. The molecule has 10 aromatic rings. The number of aromatic nitrogens is 16. The molecule has 0 radical (unpaired) electrons. The predicted molar refractivity (Wildman–Crippen MR) is 306 cm³/mol. The maximum absolute atomic E-state index is 6.23. The van der Waals surface area contributed by atoms with E-state index in [1.807, 2.05) is 45.3 Å². The molecule has 72 heavy (non-hydrogen) atoms. The van der Waals surface area contributed by atoms with Crippen LogP contribution in [-0.4, -0.2) is 110 Å². The molecular formula is C45H48I2N22S3. The van der Waals surface area contributed by atoms with E-state index in [4.69, 9.17) is 33.7 Å². The van der Waals surface area contributed by atoms with Crippen LogP contribution < -0.4 is 34.0 Å². The molecule has 1 aliphatic carbocycles. The number of anilines is 5. The van der Waals surface area contributed by atoms with Crippen molar-refractivity contribution in [3.8, 4) is 22.3 Å². The maximum atomic E-state index is 6.23. The normalized spacial score (nSPS) is 14.3. The Morgan fingerprint density at radius 1 is 0.500 bits per heavy atom. The summed E-state index contributed by atoms with van der Waals surface area (Å²) >= 11 is 8.90. The highest BCUT2D eigenvalue weighted by Crippen LogP contribution is 2.32. The number of thioether (sulfide) groups is 3. The number of hydrogen-bond donors (Lipinski definition) is 6. The zero-order chi connectivity index (χ0) is 51.1. The van der Waals surface area contributed by atoms with Crippen LogP contribution in [0.3, 0.4) is 0 Å². The van der Waals surface area contributed by atoms with Crippen LogP contribution in [-0.2, 0) is 14.1 Å². The van der Waals surface area contributed by atoms with E-state index in [0.29, 0.717) is 34.4 Å². The van der Waals surface area contributed by atoms with E-state index >= 15 is 0 Å². The van der Waals surface area contributed by atoms with Crippen LogP contribution in [0, 0.1) is 7.14 Å². The van der Waals surface area contributed by atoms with Crippen LogP contribution in [0.2, 0.25) is 0 Å². The number of nitrogens with zero attached hydrogens (tertiary/aromatic N) is 16. The molecule has 0 unspecified atom stereocenters. The van der Waals surface area contributed by atoms with Crippen LogP contribution in [0.4, 0.5) is 29.2 Å². The van der Waals surface area contributed by atoms with Crippen LogP contribution in [0.1, 0.15) is 25.7 Å². The van der Waals surface area contributed by atoms with Gasteiger partial charge in [0.25, 0.3) is 0 Å². The summed E-state index contributed by atoms with van der Waals surface area (Å²) in [6, 6.07) is 0.334. The highest BCUT2D eigenvalue weighted by atomic mass is 127. The fourth-order valence-corrected chi connectivity index (χ4v) is 9.58. The van der Waals surface area contributed by atoms with Crippen molar-refractivity contribution >= 4 is 153 Å². The summed E-state index contributed by atoms with van der Waals surface area (Å²) in [4.78, 5) is 51.5. The number of nitrogens with two attached hydrogens (primary N) is 5. The molecule has 10 heterocycles. The minimum absolute atomic E-state index is 0.133. The molecule has 0 saturated heterocycles. The molecule has 11 N–H and O–H groups in total. The van der Waals surface area contributed by atoms with Gasteiger partial charge in [0.05, 0.1) is 63.1 Å². The summed E-state index contributed by atoms with van der Waals surface area (Å²) in [5, 5.41) is 17.1. The number of nitrogens with one attached hydrogen (secondary N) is 1. The van der Waals surface area contributed by atoms with Gasteiger partial charge in [-0.2, -0.15) is 10.2 Å². The van der Waals surface area contributed by atoms with Gasteiger partial charge < -0.3 is 34.0 Å². The molecule has 0 spiro atoms. The molecule has 0 bridgehead atoms. The zero-order valence-electron chi connectivity index (χ0n) is 39.4. The molecule has 0 amide bonds. The lowest BCUT2D eigenvalue weighted by atomic mass is 9.91.